The van der Waals surface area contributed by atoms with Crippen molar-refractivity contribution >= 4 is 22.7 Å². The van der Waals surface area contributed by atoms with Gasteiger partial charge in [-0.2, -0.15) is 18.3 Å². The number of para-hydroxylation sites is 2. The minimum atomic E-state index is -4.66. The number of fused-ring (bicyclic) bond motifs is 2. The Hall–Kier alpha value is -3.16. The zero-order valence-corrected chi connectivity index (χ0v) is 14.8. The second-order valence-electron chi connectivity index (χ2n) is 6.61. The number of hydrogen-bond acceptors (Lipinski definition) is 3. The van der Waals surface area contributed by atoms with Crippen molar-refractivity contribution in [2.45, 2.75) is 32.0 Å². The van der Waals surface area contributed by atoms with E-state index in [2.05, 4.69) is 15.5 Å². The molecule has 1 heterocycles. The molecule has 2 aromatic carbocycles. The first-order chi connectivity index (χ1) is 13.4. The van der Waals surface area contributed by atoms with Crippen molar-refractivity contribution in [1.29, 1.82) is 0 Å². The number of nitrogens with zero attached hydrogens (tertiary/aromatic N) is 3. The molecule has 0 atom stereocenters. The standard InChI is InChI=1S/C20H17F3N4O/c21-20(22,23)19-24-16-9-3-4-11-17(16)27(19)12-18(28)26-25-15-10-5-7-13-6-1-2-8-14(13)15/h1-4,6,8-9,11H,5,7,10,12H2,(H,26,28). The van der Waals surface area contributed by atoms with Crippen molar-refractivity contribution in [1.82, 2.24) is 15.0 Å². The van der Waals surface area contributed by atoms with Crippen molar-refractivity contribution < 1.29 is 18.0 Å². The summed E-state index contributed by atoms with van der Waals surface area (Å²) in [5.41, 5.74) is 5.71. The molecule has 0 saturated heterocycles. The van der Waals surface area contributed by atoms with Crippen LogP contribution in [0, 0.1) is 0 Å². The molecular formula is C20H17F3N4O. The van der Waals surface area contributed by atoms with Crippen molar-refractivity contribution in [2.24, 2.45) is 5.10 Å². The molecule has 0 unspecified atom stereocenters. The molecule has 0 radical (unpaired) electrons. The van der Waals surface area contributed by atoms with E-state index in [-0.39, 0.29) is 11.0 Å². The molecule has 0 saturated carbocycles. The first-order valence-electron chi connectivity index (χ1n) is 8.89. The number of halogens is 3. The zero-order chi connectivity index (χ0) is 19.7. The average molecular weight is 386 g/mol. The number of carbonyl (C=O) groups excluding carboxylic acids is 1. The number of alkyl halides is 3. The predicted molar refractivity (Wildman–Crippen MR) is 98.8 cm³/mol. The lowest BCUT2D eigenvalue weighted by molar-refractivity contribution is -0.147. The molecular weight excluding hydrogens is 369 g/mol. The van der Waals surface area contributed by atoms with E-state index in [0.717, 1.165) is 34.2 Å². The highest BCUT2D eigenvalue weighted by atomic mass is 19.4. The highest BCUT2D eigenvalue weighted by Crippen LogP contribution is 2.31. The van der Waals surface area contributed by atoms with Crippen LogP contribution in [0.2, 0.25) is 0 Å². The van der Waals surface area contributed by atoms with Crippen LogP contribution < -0.4 is 5.43 Å². The van der Waals surface area contributed by atoms with Crippen LogP contribution in [0.3, 0.4) is 0 Å². The number of amides is 1. The normalized spacial score (nSPS) is 15.6. The molecule has 1 amide bonds. The van der Waals surface area contributed by atoms with Crippen LogP contribution in [0.4, 0.5) is 13.2 Å². The highest BCUT2D eigenvalue weighted by Gasteiger charge is 2.38. The van der Waals surface area contributed by atoms with E-state index in [9.17, 15) is 18.0 Å². The molecule has 1 aliphatic carbocycles. The second-order valence-corrected chi connectivity index (χ2v) is 6.61. The van der Waals surface area contributed by atoms with Gasteiger partial charge in [0.05, 0.1) is 16.7 Å². The van der Waals surface area contributed by atoms with E-state index < -0.39 is 24.5 Å². The number of nitrogens with one attached hydrogen (secondary N) is 1. The van der Waals surface area contributed by atoms with Crippen molar-refractivity contribution in [3.63, 3.8) is 0 Å². The molecule has 4 rings (SSSR count). The van der Waals surface area contributed by atoms with Crippen LogP contribution in [0.5, 0.6) is 0 Å². The van der Waals surface area contributed by atoms with Gasteiger partial charge in [-0.25, -0.2) is 10.4 Å². The number of hydrogen-bond donors (Lipinski definition) is 1. The highest BCUT2D eigenvalue weighted by molar-refractivity contribution is 6.03. The van der Waals surface area contributed by atoms with Crippen molar-refractivity contribution in [2.75, 3.05) is 0 Å². The Kier molecular flexibility index (Phi) is 4.62. The number of rotatable bonds is 3. The summed E-state index contributed by atoms with van der Waals surface area (Å²) < 4.78 is 40.9. The first kappa shape index (κ1) is 18.2. The molecule has 0 fully saturated rings. The van der Waals surface area contributed by atoms with E-state index in [1.54, 1.807) is 12.1 Å². The zero-order valence-electron chi connectivity index (χ0n) is 14.8. The van der Waals surface area contributed by atoms with Crippen LogP contribution in [0.1, 0.15) is 29.8 Å². The Morgan fingerprint density at radius 1 is 1.11 bits per heavy atom. The van der Waals surface area contributed by atoms with Gasteiger partial charge in [-0.15, -0.1) is 0 Å². The lowest BCUT2D eigenvalue weighted by Gasteiger charge is -2.17. The van der Waals surface area contributed by atoms with E-state index in [1.807, 2.05) is 24.3 Å². The third-order valence-corrected chi connectivity index (χ3v) is 4.71. The smallest absolute Gasteiger partial charge is 0.311 e. The Balaban J connectivity index is 1.59. The van der Waals surface area contributed by atoms with Crippen LogP contribution in [-0.2, 0) is 23.9 Å². The number of benzene rings is 2. The van der Waals surface area contributed by atoms with Crippen LogP contribution in [0.25, 0.3) is 11.0 Å². The Bertz CT molecular complexity index is 1070. The van der Waals surface area contributed by atoms with E-state index >= 15 is 0 Å². The Morgan fingerprint density at radius 2 is 1.86 bits per heavy atom. The van der Waals surface area contributed by atoms with E-state index in [0.29, 0.717) is 6.42 Å². The molecule has 1 aliphatic rings. The fourth-order valence-electron chi connectivity index (χ4n) is 3.48. The summed E-state index contributed by atoms with van der Waals surface area (Å²) in [6.07, 6.45) is -2.10. The minimum absolute atomic E-state index is 0.190. The first-order valence-corrected chi connectivity index (χ1v) is 8.89. The summed E-state index contributed by atoms with van der Waals surface area (Å²) in [5.74, 6) is -1.73. The topological polar surface area (TPSA) is 59.3 Å². The molecule has 28 heavy (non-hydrogen) atoms. The van der Waals surface area contributed by atoms with Gasteiger partial charge in [0.15, 0.2) is 0 Å². The van der Waals surface area contributed by atoms with Gasteiger partial charge in [0.25, 0.3) is 5.91 Å². The van der Waals surface area contributed by atoms with Gasteiger partial charge in [-0.05, 0) is 37.0 Å². The molecule has 1 N–H and O–H groups in total. The fourth-order valence-corrected chi connectivity index (χ4v) is 3.48. The fraction of sp³-hybridized carbons (Fsp3) is 0.250. The van der Waals surface area contributed by atoms with Gasteiger partial charge in [0, 0.05) is 5.56 Å². The van der Waals surface area contributed by atoms with Crippen LogP contribution >= 0.6 is 0 Å². The Morgan fingerprint density at radius 3 is 2.68 bits per heavy atom. The molecule has 144 valence electrons. The summed E-state index contributed by atoms with van der Waals surface area (Å²) in [7, 11) is 0. The third kappa shape index (κ3) is 3.49. The molecule has 0 spiro atoms. The SMILES string of the molecule is O=C(Cn1c(C(F)(F)F)nc2ccccc21)NN=C1CCCc2ccccc21. The van der Waals surface area contributed by atoms with Gasteiger partial charge in [0.1, 0.15) is 6.54 Å². The maximum atomic E-state index is 13.3. The minimum Gasteiger partial charge on any atom is -0.311 e. The summed E-state index contributed by atoms with van der Waals surface area (Å²) in [6, 6.07) is 14.0. The Labute approximate surface area is 158 Å². The maximum absolute atomic E-state index is 13.3. The van der Waals surface area contributed by atoms with Crippen molar-refractivity contribution in [3.8, 4) is 0 Å². The summed E-state index contributed by atoms with van der Waals surface area (Å²) in [4.78, 5) is 16.0. The number of aryl methyl sites for hydroxylation is 1. The molecule has 8 heteroatoms. The molecule has 5 nitrogen and oxygen atoms in total. The predicted octanol–water partition coefficient (Wildman–Crippen LogP) is 3.91. The quantitative estimate of drug-likeness (QED) is 0.694. The lowest BCUT2D eigenvalue weighted by Crippen LogP contribution is -2.27. The second kappa shape index (κ2) is 7.10. The largest absolute Gasteiger partial charge is 0.449 e. The summed E-state index contributed by atoms with van der Waals surface area (Å²) in [6.45, 7) is -0.520. The number of aromatic nitrogens is 2. The van der Waals surface area contributed by atoms with Gasteiger partial charge >= 0.3 is 6.18 Å². The summed E-state index contributed by atoms with van der Waals surface area (Å²) >= 11 is 0. The van der Waals surface area contributed by atoms with E-state index in [4.69, 9.17) is 0 Å². The third-order valence-electron chi connectivity index (χ3n) is 4.71. The molecule has 3 aromatic rings. The van der Waals surface area contributed by atoms with Crippen LogP contribution in [0.15, 0.2) is 53.6 Å². The number of carbonyl (C=O) groups is 1. The molecule has 1 aromatic heterocycles. The maximum Gasteiger partial charge on any atom is 0.449 e. The number of imidazole rings is 1. The van der Waals surface area contributed by atoms with Gasteiger partial charge < -0.3 is 4.57 Å². The van der Waals surface area contributed by atoms with Gasteiger partial charge in [0.2, 0.25) is 5.82 Å². The van der Waals surface area contributed by atoms with E-state index in [1.165, 1.54) is 12.1 Å². The van der Waals surface area contributed by atoms with Crippen molar-refractivity contribution in [3.05, 3.63) is 65.5 Å². The molecule has 0 bridgehead atoms. The van der Waals surface area contributed by atoms with Gasteiger partial charge in [-0.1, -0.05) is 36.4 Å². The molecule has 0 aliphatic heterocycles. The van der Waals surface area contributed by atoms with Gasteiger partial charge in [-0.3, -0.25) is 4.79 Å². The summed E-state index contributed by atoms with van der Waals surface area (Å²) in [5, 5.41) is 4.18. The van der Waals surface area contributed by atoms with Crippen LogP contribution in [-0.4, -0.2) is 21.2 Å². The average Bonchev–Trinajstić information content (AvgIpc) is 3.05. The lowest BCUT2D eigenvalue weighted by atomic mass is 9.90. The monoisotopic (exact) mass is 386 g/mol. The number of hydrazone groups is 1.